The minimum Gasteiger partial charge on any atom is -0.377 e. The van der Waals surface area contributed by atoms with Gasteiger partial charge in [0.1, 0.15) is 0 Å². The molecule has 8 nitrogen and oxygen atoms in total. The topological polar surface area (TPSA) is 107 Å². The standard InChI is InChI=1S/C14H36N2O6Si2/c1-17-23(18-2,19-3)12-8-7-10-14(15,16)11-9-13-24(20-4,21-5)22-6/h7-13,15-16H2,1-6H3. The van der Waals surface area contributed by atoms with E-state index in [2.05, 4.69) is 0 Å². The van der Waals surface area contributed by atoms with E-state index in [0.717, 1.165) is 31.7 Å². The molecule has 24 heavy (non-hydrogen) atoms. The summed E-state index contributed by atoms with van der Waals surface area (Å²) in [6.45, 7) is 0. The molecule has 0 spiro atoms. The van der Waals surface area contributed by atoms with Crippen LogP contribution in [0.15, 0.2) is 0 Å². The molecule has 0 heterocycles. The molecule has 0 aliphatic rings. The molecule has 10 heteroatoms. The molecule has 146 valence electrons. The van der Waals surface area contributed by atoms with E-state index in [0.29, 0.717) is 12.5 Å². The van der Waals surface area contributed by atoms with Crippen LogP contribution in [0, 0.1) is 0 Å². The summed E-state index contributed by atoms with van der Waals surface area (Å²) in [5, 5.41) is 0. The first-order chi connectivity index (χ1) is 11.3. The molecule has 0 saturated carbocycles. The van der Waals surface area contributed by atoms with E-state index >= 15 is 0 Å². The van der Waals surface area contributed by atoms with E-state index in [1.54, 1.807) is 42.7 Å². The van der Waals surface area contributed by atoms with Crippen molar-refractivity contribution in [1.29, 1.82) is 0 Å². The molecule has 0 amide bonds. The van der Waals surface area contributed by atoms with Crippen molar-refractivity contribution in [3.8, 4) is 0 Å². The predicted molar refractivity (Wildman–Crippen MR) is 97.4 cm³/mol. The highest BCUT2D eigenvalue weighted by Gasteiger charge is 2.38. The molecule has 0 aliphatic carbocycles. The van der Waals surface area contributed by atoms with Crippen molar-refractivity contribution in [2.75, 3.05) is 42.7 Å². The van der Waals surface area contributed by atoms with Crippen LogP contribution in [0.25, 0.3) is 0 Å². The molecule has 0 rings (SSSR count). The fraction of sp³-hybridized carbons (Fsp3) is 1.00. The predicted octanol–water partition coefficient (Wildman–Crippen LogP) is 1.31. The quantitative estimate of drug-likeness (QED) is 0.247. The average Bonchev–Trinajstić information content (AvgIpc) is 2.60. The van der Waals surface area contributed by atoms with Gasteiger partial charge in [-0.15, -0.1) is 0 Å². The number of unbranched alkanes of at least 4 members (excludes halogenated alkanes) is 1. The Morgan fingerprint density at radius 3 is 1.29 bits per heavy atom. The summed E-state index contributed by atoms with van der Waals surface area (Å²) in [5.74, 6) is 0. The first kappa shape index (κ1) is 24.1. The van der Waals surface area contributed by atoms with Gasteiger partial charge >= 0.3 is 17.6 Å². The van der Waals surface area contributed by atoms with Crippen LogP contribution in [0.5, 0.6) is 0 Å². The van der Waals surface area contributed by atoms with Crippen molar-refractivity contribution in [1.82, 2.24) is 0 Å². The third-order valence-corrected chi connectivity index (χ3v) is 10.0. The van der Waals surface area contributed by atoms with Crippen LogP contribution in [0.4, 0.5) is 0 Å². The third-order valence-electron chi connectivity index (χ3n) is 4.37. The summed E-state index contributed by atoms with van der Waals surface area (Å²) in [4.78, 5) is 0. The van der Waals surface area contributed by atoms with Crippen molar-refractivity contribution in [2.24, 2.45) is 11.5 Å². The fourth-order valence-electron chi connectivity index (χ4n) is 2.67. The molecule has 0 saturated heterocycles. The van der Waals surface area contributed by atoms with E-state index in [9.17, 15) is 0 Å². The third kappa shape index (κ3) is 8.00. The lowest BCUT2D eigenvalue weighted by Gasteiger charge is -2.28. The van der Waals surface area contributed by atoms with Gasteiger partial charge in [0, 0.05) is 54.7 Å². The molecule has 0 aliphatic heterocycles. The van der Waals surface area contributed by atoms with E-state index in [4.69, 9.17) is 38.0 Å². The fourth-order valence-corrected chi connectivity index (χ4v) is 6.18. The maximum Gasteiger partial charge on any atom is 0.500 e. The molecular formula is C14H36N2O6Si2. The van der Waals surface area contributed by atoms with Crippen molar-refractivity contribution in [2.45, 2.75) is 49.9 Å². The van der Waals surface area contributed by atoms with Gasteiger partial charge in [0.25, 0.3) is 0 Å². The lowest BCUT2D eigenvalue weighted by atomic mass is 9.99. The minimum atomic E-state index is -2.55. The summed E-state index contributed by atoms with van der Waals surface area (Å²) < 4.78 is 32.4. The lowest BCUT2D eigenvalue weighted by Crippen LogP contribution is -2.50. The molecule has 0 radical (unpaired) electrons. The Kier molecular flexibility index (Phi) is 11.7. The maximum atomic E-state index is 6.21. The lowest BCUT2D eigenvalue weighted by molar-refractivity contribution is 0.121. The van der Waals surface area contributed by atoms with Crippen LogP contribution in [0.2, 0.25) is 12.1 Å². The summed E-state index contributed by atoms with van der Waals surface area (Å²) in [5.41, 5.74) is 11.7. The zero-order valence-electron chi connectivity index (χ0n) is 16.1. The van der Waals surface area contributed by atoms with Gasteiger partial charge in [-0.1, -0.05) is 6.42 Å². The van der Waals surface area contributed by atoms with Gasteiger partial charge in [0.05, 0.1) is 5.66 Å². The molecule has 0 atom stereocenters. The average molecular weight is 385 g/mol. The van der Waals surface area contributed by atoms with Crippen molar-refractivity contribution in [3.05, 3.63) is 0 Å². The smallest absolute Gasteiger partial charge is 0.377 e. The van der Waals surface area contributed by atoms with Gasteiger partial charge < -0.3 is 38.0 Å². The molecule has 0 bridgehead atoms. The van der Waals surface area contributed by atoms with Crippen LogP contribution in [-0.4, -0.2) is 65.9 Å². The summed E-state index contributed by atoms with van der Waals surface area (Å²) in [6.07, 6.45) is 3.97. The monoisotopic (exact) mass is 384 g/mol. The van der Waals surface area contributed by atoms with Gasteiger partial charge in [-0.05, 0) is 25.7 Å². The Bertz CT molecular complexity index is 312. The number of hydrogen-bond donors (Lipinski definition) is 2. The minimum absolute atomic E-state index is 0.680. The molecule has 0 fully saturated rings. The van der Waals surface area contributed by atoms with E-state index in [1.807, 2.05) is 0 Å². The van der Waals surface area contributed by atoms with Crippen LogP contribution < -0.4 is 11.5 Å². The second kappa shape index (κ2) is 11.7. The number of nitrogens with two attached hydrogens (primary N) is 2. The maximum absolute atomic E-state index is 6.21. The second-order valence-corrected chi connectivity index (χ2v) is 12.1. The summed E-state index contributed by atoms with van der Waals surface area (Å²) in [6, 6.07) is 1.44. The Labute approximate surface area is 148 Å². The zero-order chi connectivity index (χ0) is 18.7. The van der Waals surface area contributed by atoms with Gasteiger partial charge in [0.15, 0.2) is 0 Å². The second-order valence-electron chi connectivity index (χ2n) is 5.88. The Balaban J connectivity index is 4.18. The number of hydrogen-bond acceptors (Lipinski definition) is 8. The van der Waals surface area contributed by atoms with Crippen LogP contribution in [0.3, 0.4) is 0 Å². The summed E-state index contributed by atoms with van der Waals surface area (Å²) >= 11 is 0. The van der Waals surface area contributed by atoms with Crippen molar-refractivity contribution < 1.29 is 26.6 Å². The molecule has 0 unspecified atom stereocenters. The van der Waals surface area contributed by atoms with Crippen LogP contribution in [0.1, 0.15) is 32.1 Å². The highest BCUT2D eigenvalue weighted by Crippen LogP contribution is 2.22. The Morgan fingerprint density at radius 1 is 0.583 bits per heavy atom. The van der Waals surface area contributed by atoms with Gasteiger partial charge in [-0.3, -0.25) is 0 Å². The normalized spacial score (nSPS) is 13.5. The Hall–Kier alpha value is 0.114. The van der Waals surface area contributed by atoms with E-state index in [-0.39, 0.29) is 0 Å². The molecule has 0 aromatic rings. The van der Waals surface area contributed by atoms with Gasteiger partial charge in [0.2, 0.25) is 0 Å². The van der Waals surface area contributed by atoms with E-state index in [1.165, 1.54) is 0 Å². The number of rotatable bonds is 15. The first-order valence-corrected chi connectivity index (χ1v) is 12.0. The van der Waals surface area contributed by atoms with Gasteiger partial charge in [-0.2, -0.15) is 0 Å². The Morgan fingerprint density at radius 2 is 0.917 bits per heavy atom. The SMILES string of the molecule is CO[Si](CCCCC(N)(N)CCC[Si](OC)(OC)OC)(OC)OC. The largest absolute Gasteiger partial charge is 0.500 e. The van der Waals surface area contributed by atoms with Crippen molar-refractivity contribution in [3.63, 3.8) is 0 Å². The molecule has 4 N–H and O–H groups in total. The van der Waals surface area contributed by atoms with Gasteiger partial charge in [-0.25, -0.2) is 0 Å². The molecule has 0 aromatic heterocycles. The van der Waals surface area contributed by atoms with Crippen molar-refractivity contribution >= 4 is 17.6 Å². The highest BCUT2D eigenvalue weighted by molar-refractivity contribution is 6.60. The zero-order valence-corrected chi connectivity index (χ0v) is 18.1. The van der Waals surface area contributed by atoms with Crippen LogP contribution in [-0.2, 0) is 26.6 Å². The first-order valence-electron chi connectivity index (χ1n) is 8.17. The van der Waals surface area contributed by atoms with E-state index < -0.39 is 23.3 Å². The molecular weight excluding hydrogens is 348 g/mol. The highest BCUT2D eigenvalue weighted by atomic mass is 28.4. The van der Waals surface area contributed by atoms with Crippen LogP contribution >= 0.6 is 0 Å². The molecule has 0 aromatic carbocycles. The summed E-state index contributed by atoms with van der Waals surface area (Å²) in [7, 11) is 4.62.